The SMILES string of the molecule is O=C(COC(=O)c1ccccc1Cl)Nc1ccc([N+](=O)[O-])cc1. The van der Waals surface area contributed by atoms with Crippen molar-refractivity contribution < 1.29 is 19.2 Å². The summed E-state index contributed by atoms with van der Waals surface area (Å²) in [5, 5.41) is 13.2. The molecule has 0 bridgehead atoms. The monoisotopic (exact) mass is 334 g/mol. The van der Waals surface area contributed by atoms with Crippen LogP contribution in [0.4, 0.5) is 11.4 Å². The van der Waals surface area contributed by atoms with E-state index in [1.54, 1.807) is 12.1 Å². The lowest BCUT2D eigenvalue weighted by Crippen LogP contribution is -2.21. The van der Waals surface area contributed by atoms with E-state index in [-0.39, 0.29) is 16.3 Å². The third-order valence-corrected chi connectivity index (χ3v) is 3.12. The van der Waals surface area contributed by atoms with Crippen molar-refractivity contribution >= 4 is 34.9 Å². The van der Waals surface area contributed by atoms with Crippen LogP contribution in [0, 0.1) is 10.1 Å². The highest BCUT2D eigenvalue weighted by molar-refractivity contribution is 6.33. The first-order valence-corrected chi connectivity index (χ1v) is 6.81. The Morgan fingerprint density at radius 3 is 2.39 bits per heavy atom. The number of nitrogens with one attached hydrogen (secondary N) is 1. The fourth-order valence-corrected chi connectivity index (χ4v) is 1.91. The van der Waals surface area contributed by atoms with Crippen LogP contribution in [0.15, 0.2) is 48.5 Å². The molecule has 0 radical (unpaired) electrons. The van der Waals surface area contributed by atoms with Gasteiger partial charge in [-0.3, -0.25) is 14.9 Å². The predicted molar refractivity (Wildman–Crippen MR) is 83.5 cm³/mol. The van der Waals surface area contributed by atoms with E-state index in [0.29, 0.717) is 5.69 Å². The molecule has 1 amide bonds. The maximum Gasteiger partial charge on any atom is 0.340 e. The molecule has 2 aromatic rings. The summed E-state index contributed by atoms with van der Waals surface area (Å²) in [6, 6.07) is 11.6. The maximum atomic E-state index is 11.8. The Labute approximate surface area is 136 Å². The molecule has 7 nitrogen and oxygen atoms in total. The number of nitro groups is 1. The van der Waals surface area contributed by atoms with E-state index >= 15 is 0 Å². The average molecular weight is 335 g/mol. The zero-order valence-corrected chi connectivity index (χ0v) is 12.4. The molecule has 0 aliphatic heterocycles. The van der Waals surface area contributed by atoms with Crippen molar-refractivity contribution in [3.05, 3.63) is 69.2 Å². The standard InChI is InChI=1S/C15H11ClN2O5/c16-13-4-2-1-3-12(13)15(20)23-9-14(19)17-10-5-7-11(8-6-10)18(21)22/h1-8H,9H2,(H,17,19). The largest absolute Gasteiger partial charge is 0.452 e. The van der Waals surface area contributed by atoms with Crippen molar-refractivity contribution in [2.45, 2.75) is 0 Å². The minimum Gasteiger partial charge on any atom is -0.452 e. The first-order valence-electron chi connectivity index (χ1n) is 6.43. The molecule has 8 heteroatoms. The molecular formula is C15H11ClN2O5. The van der Waals surface area contributed by atoms with Crippen molar-refractivity contribution in [2.75, 3.05) is 11.9 Å². The lowest BCUT2D eigenvalue weighted by molar-refractivity contribution is -0.384. The normalized spacial score (nSPS) is 9.96. The summed E-state index contributed by atoms with van der Waals surface area (Å²) in [5.74, 6) is -1.28. The number of carbonyl (C=O) groups is 2. The number of nitrogens with zero attached hydrogens (tertiary/aromatic N) is 1. The molecule has 0 fully saturated rings. The number of hydrogen-bond acceptors (Lipinski definition) is 5. The summed E-state index contributed by atoms with van der Waals surface area (Å²) in [4.78, 5) is 33.5. The second kappa shape index (κ2) is 7.37. The van der Waals surface area contributed by atoms with Crippen LogP contribution >= 0.6 is 11.6 Å². The summed E-state index contributed by atoms with van der Waals surface area (Å²) in [6.45, 7) is -0.499. The molecule has 0 aliphatic carbocycles. The van der Waals surface area contributed by atoms with Gasteiger partial charge in [-0.1, -0.05) is 23.7 Å². The average Bonchev–Trinajstić information content (AvgIpc) is 2.53. The Kier molecular flexibility index (Phi) is 5.27. The van der Waals surface area contributed by atoms with Gasteiger partial charge in [-0.05, 0) is 24.3 Å². The summed E-state index contributed by atoms with van der Waals surface area (Å²) < 4.78 is 4.86. The molecule has 1 N–H and O–H groups in total. The maximum absolute atomic E-state index is 11.8. The van der Waals surface area contributed by atoms with E-state index in [4.69, 9.17) is 16.3 Å². The summed E-state index contributed by atoms with van der Waals surface area (Å²) >= 11 is 5.85. The number of non-ortho nitro benzene ring substituents is 1. The molecule has 23 heavy (non-hydrogen) atoms. The lowest BCUT2D eigenvalue weighted by atomic mass is 10.2. The first-order chi connectivity index (χ1) is 11.0. The van der Waals surface area contributed by atoms with Gasteiger partial charge in [-0.15, -0.1) is 0 Å². The van der Waals surface area contributed by atoms with Crippen LogP contribution in [0.25, 0.3) is 0 Å². The van der Waals surface area contributed by atoms with Crippen LogP contribution in [-0.2, 0) is 9.53 Å². The van der Waals surface area contributed by atoms with Crippen molar-refractivity contribution in [2.24, 2.45) is 0 Å². The third-order valence-electron chi connectivity index (χ3n) is 2.79. The van der Waals surface area contributed by atoms with Gasteiger partial charge in [0.25, 0.3) is 11.6 Å². The molecule has 0 saturated carbocycles. The van der Waals surface area contributed by atoms with Crippen LogP contribution in [-0.4, -0.2) is 23.4 Å². The van der Waals surface area contributed by atoms with E-state index in [2.05, 4.69) is 5.32 Å². The number of hydrogen-bond donors (Lipinski definition) is 1. The minimum absolute atomic E-state index is 0.0897. The van der Waals surface area contributed by atoms with Crippen LogP contribution in [0.1, 0.15) is 10.4 Å². The second-order valence-corrected chi connectivity index (χ2v) is 4.82. The molecule has 2 rings (SSSR count). The highest BCUT2D eigenvalue weighted by Crippen LogP contribution is 2.17. The van der Waals surface area contributed by atoms with Gasteiger partial charge in [0.2, 0.25) is 0 Å². The number of anilines is 1. The van der Waals surface area contributed by atoms with Gasteiger partial charge in [0.05, 0.1) is 15.5 Å². The lowest BCUT2D eigenvalue weighted by Gasteiger charge is -2.07. The van der Waals surface area contributed by atoms with Crippen LogP contribution < -0.4 is 5.32 Å². The Morgan fingerprint density at radius 1 is 1.13 bits per heavy atom. The Bertz CT molecular complexity index is 746. The van der Waals surface area contributed by atoms with Crippen molar-refractivity contribution in [3.8, 4) is 0 Å². The highest BCUT2D eigenvalue weighted by atomic mass is 35.5. The summed E-state index contributed by atoms with van der Waals surface area (Å²) in [5.41, 5.74) is 0.430. The molecule has 0 saturated heterocycles. The number of benzene rings is 2. The molecule has 2 aromatic carbocycles. The summed E-state index contributed by atoms with van der Waals surface area (Å²) in [7, 11) is 0. The fraction of sp³-hybridized carbons (Fsp3) is 0.0667. The Balaban J connectivity index is 1.89. The highest BCUT2D eigenvalue weighted by Gasteiger charge is 2.13. The van der Waals surface area contributed by atoms with Gasteiger partial charge >= 0.3 is 5.97 Å². The van der Waals surface area contributed by atoms with Crippen LogP contribution in [0.5, 0.6) is 0 Å². The number of esters is 1. The van der Waals surface area contributed by atoms with E-state index in [9.17, 15) is 19.7 Å². The first kappa shape index (κ1) is 16.4. The Morgan fingerprint density at radius 2 is 1.78 bits per heavy atom. The van der Waals surface area contributed by atoms with E-state index in [1.807, 2.05) is 0 Å². The van der Waals surface area contributed by atoms with Crippen molar-refractivity contribution in [1.29, 1.82) is 0 Å². The number of rotatable bonds is 5. The Hall–Kier alpha value is -2.93. The smallest absolute Gasteiger partial charge is 0.340 e. The topological polar surface area (TPSA) is 98.5 Å². The zero-order valence-electron chi connectivity index (χ0n) is 11.7. The van der Waals surface area contributed by atoms with Crippen LogP contribution in [0.2, 0.25) is 5.02 Å². The quantitative estimate of drug-likeness (QED) is 0.514. The zero-order chi connectivity index (χ0) is 16.8. The fourth-order valence-electron chi connectivity index (χ4n) is 1.70. The van der Waals surface area contributed by atoms with Gasteiger partial charge in [0.15, 0.2) is 6.61 Å². The minimum atomic E-state index is -0.713. The van der Waals surface area contributed by atoms with Gasteiger partial charge in [-0.25, -0.2) is 4.79 Å². The number of amides is 1. The van der Waals surface area contributed by atoms with Gasteiger partial charge < -0.3 is 10.1 Å². The number of carbonyl (C=O) groups excluding carboxylic acids is 2. The molecule has 0 spiro atoms. The molecule has 0 unspecified atom stereocenters. The molecule has 0 aromatic heterocycles. The number of ether oxygens (including phenoxy) is 1. The molecule has 118 valence electrons. The summed E-state index contributed by atoms with van der Waals surface area (Å²) in [6.07, 6.45) is 0. The van der Waals surface area contributed by atoms with Crippen molar-refractivity contribution in [3.63, 3.8) is 0 Å². The third kappa shape index (κ3) is 4.52. The number of halogens is 1. The molecule has 0 aliphatic rings. The van der Waals surface area contributed by atoms with Crippen LogP contribution in [0.3, 0.4) is 0 Å². The van der Waals surface area contributed by atoms with E-state index in [1.165, 1.54) is 36.4 Å². The van der Waals surface area contributed by atoms with Gasteiger partial charge in [-0.2, -0.15) is 0 Å². The second-order valence-electron chi connectivity index (χ2n) is 4.41. The van der Waals surface area contributed by atoms with Gasteiger partial charge in [0, 0.05) is 17.8 Å². The molecular weight excluding hydrogens is 324 g/mol. The van der Waals surface area contributed by atoms with E-state index < -0.39 is 23.4 Å². The molecule has 0 heterocycles. The predicted octanol–water partition coefficient (Wildman–Crippen LogP) is 3.04. The molecule has 0 atom stereocenters. The van der Waals surface area contributed by atoms with Gasteiger partial charge in [0.1, 0.15) is 0 Å². The van der Waals surface area contributed by atoms with Crippen molar-refractivity contribution in [1.82, 2.24) is 0 Å². The number of nitro benzene ring substituents is 1. The van der Waals surface area contributed by atoms with E-state index in [0.717, 1.165) is 0 Å².